The van der Waals surface area contributed by atoms with Crippen molar-refractivity contribution in [1.29, 1.82) is 0 Å². The molecule has 0 atom stereocenters. The molecule has 0 unspecified atom stereocenters. The van der Waals surface area contributed by atoms with Gasteiger partial charge < -0.3 is 9.64 Å². The van der Waals surface area contributed by atoms with Gasteiger partial charge in [-0.15, -0.1) is 0 Å². The van der Waals surface area contributed by atoms with E-state index in [4.69, 9.17) is 4.74 Å². The van der Waals surface area contributed by atoms with E-state index in [-0.39, 0.29) is 0 Å². The fraction of sp³-hybridized carbons (Fsp3) is 0.500. The molecule has 1 aromatic rings. The molecular weight excluding hydrogens is 174 g/mol. The van der Waals surface area contributed by atoms with Crippen molar-refractivity contribution in [2.24, 2.45) is 0 Å². The molecule has 1 aliphatic rings. The van der Waals surface area contributed by atoms with Crippen LogP contribution < -0.4 is 4.74 Å². The van der Waals surface area contributed by atoms with Crippen molar-refractivity contribution >= 4 is 0 Å². The van der Waals surface area contributed by atoms with Gasteiger partial charge in [0.1, 0.15) is 5.75 Å². The van der Waals surface area contributed by atoms with Gasteiger partial charge in [-0.3, -0.25) is 0 Å². The van der Waals surface area contributed by atoms with Gasteiger partial charge in [0, 0.05) is 18.5 Å². The zero-order valence-electron chi connectivity index (χ0n) is 9.08. The summed E-state index contributed by atoms with van der Waals surface area (Å²) in [4.78, 5) is 2.33. The van der Waals surface area contributed by atoms with Crippen LogP contribution in [0.1, 0.15) is 12.5 Å². The number of nitrogens with zero attached hydrogens (tertiary/aromatic N) is 1. The quantitative estimate of drug-likeness (QED) is 0.708. The second-order valence-corrected chi connectivity index (χ2v) is 4.46. The van der Waals surface area contributed by atoms with Crippen LogP contribution in [0.4, 0.5) is 0 Å². The highest BCUT2D eigenvalue weighted by atomic mass is 16.5. The zero-order valence-corrected chi connectivity index (χ0v) is 9.08. The predicted molar refractivity (Wildman–Crippen MR) is 57.8 cm³/mol. The van der Waals surface area contributed by atoms with E-state index in [9.17, 15) is 0 Å². The lowest BCUT2D eigenvalue weighted by Crippen LogP contribution is -2.55. The molecule has 0 aromatic heterocycles. The summed E-state index contributed by atoms with van der Waals surface area (Å²) >= 11 is 0. The summed E-state index contributed by atoms with van der Waals surface area (Å²) < 4.78 is 5.23. The average Bonchev–Trinajstić information content (AvgIpc) is 2.16. The van der Waals surface area contributed by atoms with Crippen LogP contribution >= 0.6 is 0 Å². The van der Waals surface area contributed by atoms with Crippen LogP contribution in [0.5, 0.6) is 5.75 Å². The van der Waals surface area contributed by atoms with E-state index in [1.807, 2.05) is 6.07 Å². The number of ether oxygens (including phenoxy) is 1. The Morgan fingerprint density at radius 2 is 2.07 bits per heavy atom. The van der Waals surface area contributed by atoms with E-state index in [0.29, 0.717) is 5.41 Å². The van der Waals surface area contributed by atoms with Gasteiger partial charge in [0.05, 0.1) is 7.11 Å². The molecular formula is C12H17NO. The summed E-state index contributed by atoms with van der Waals surface area (Å²) in [6, 6.07) is 8.40. The number of benzene rings is 1. The normalized spacial score (nSPS) is 20.2. The van der Waals surface area contributed by atoms with E-state index >= 15 is 0 Å². The van der Waals surface area contributed by atoms with E-state index in [1.54, 1.807) is 7.11 Å². The summed E-state index contributed by atoms with van der Waals surface area (Å²) in [5, 5.41) is 0. The smallest absolute Gasteiger partial charge is 0.119 e. The van der Waals surface area contributed by atoms with Crippen LogP contribution in [0.3, 0.4) is 0 Å². The standard InChI is InChI=1S/C12H17NO/c1-12(8-13(2)9-12)10-5-4-6-11(7-10)14-3/h4-7H,8-9H2,1-3H3. The first-order chi connectivity index (χ1) is 6.64. The maximum atomic E-state index is 5.23. The summed E-state index contributed by atoms with van der Waals surface area (Å²) in [7, 11) is 3.87. The highest BCUT2D eigenvalue weighted by Gasteiger charge is 2.37. The molecule has 1 fully saturated rings. The van der Waals surface area contributed by atoms with Crippen molar-refractivity contribution in [2.45, 2.75) is 12.3 Å². The maximum absolute atomic E-state index is 5.23. The predicted octanol–water partition coefficient (Wildman–Crippen LogP) is 1.90. The Kier molecular flexibility index (Phi) is 2.23. The van der Waals surface area contributed by atoms with Crippen molar-refractivity contribution in [3.8, 4) is 5.75 Å². The lowest BCUT2D eigenvalue weighted by Gasteiger charge is -2.46. The van der Waals surface area contributed by atoms with Gasteiger partial charge in [0.25, 0.3) is 0 Å². The van der Waals surface area contributed by atoms with Crippen LogP contribution in [0.25, 0.3) is 0 Å². The summed E-state index contributed by atoms with van der Waals surface area (Å²) in [5.41, 5.74) is 1.71. The minimum Gasteiger partial charge on any atom is -0.497 e. The van der Waals surface area contributed by atoms with Crippen LogP contribution in [0.2, 0.25) is 0 Å². The molecule has 1 saturated heterocycles. The van der Waals surface area contributed by atoms with Crippen molar-refractivity contribution in [3.05, 3.63) is 29.8 Å². The Bertz CT molecular complexity index is 329. The fourth-order valence-corrected chi connectivity index (χ4v) is 2.33. The van der Waals surface area contributed by atoms with Gasteiger partial charge in [-0.25, -0.2) is 0 Å². The molecule has 0 aliphatic carbocycles. The molecule has 0 radical (unpaired) electrons. The number of likely N-dealkylation sites (tertiary alicyclic amines) is 1. The molecule has 0 saturated carbocycles. The largest absolute Gasteiger partial charge is 0.497 e. The lowest BCUT2D eigenvalue weighted by atomic mass is 9.76. The average molecular weight is 191 g/mol. The molecule has 1 aromatic carbocycles. The van der Waals surface area contributed by atoms with Crippen molar-refractivity contribution < 1.29 is 4.74 Å². The minimum atomic E-state index is 0.323. The van der Waals surface area contributed by atoms with Crippen LogP contribution in [-0.4, -0.2) is 32.1 Å². The SMILES string of the molecule is COc1cccc(C2(C)CN(C)C2)c1. The fourth-order valence-electron chi connectivity index (χ4n) is 2.33. The van der Waals surface area contributed by atoms with Crippen LogP contribution in [0, 0.1) is 0 Å². The van der Waals surface area contributed by atoms with Crippen LogP contribution in [-0.2, 0) is 5.41 Å². The number of hydrogen-bond acceptors (Lipinski definition) is 2. The monoisotopic (exact) mass is 191 g/mol. The summed E-state index contributed by atoms with van der Waals surface area (Å²) in [5.74, 6) is 0.957. The summed E-state index contributed by atoms with van der Waals surface area (Å²) in [6.07, 6.45) is 0. The molecule has 1 aliphatic heterocycles. The van der Waals surface area contributed by atoms with Crippen molar-refractivity contribution in [1.82, 2.24) is 4.90 Å². The van der Waals surface area contributed by atoms with E-state index in [1.165, 1.54) is 5.56 Å². The molecule has 0 N–H and O–H groups in total. The van der Waals surface area contributed by atoms with Crippen LogP contribution in [0.15, 0.2) is 24.3 Å². The third kappa shape index (κ3) is 1.50. The minimum absolute atomic E-state index is 0.323. The molecule has 0 bridgehead atoms. The van der Waals surface area contributed by atoms with Crippen molar-refractivity contribution in [3.63, 3.8) is 0 Å². The van der Waals surface area contributed by atoms with E-state index in [0.717, 1.165) is 18.8 Å². The Morgan fingerprint density at radius 1 is 1.36 bits per heavy atom. The maximum Gasteiger partial charge on any atom is 0.119 e. The second kappa shape index (κ2) is 3.28. The number of likely N-dealkylation sites (N-methyl/N-ethyl adjacent to an activating group) is 1. The lowest BCUT2D eigenvalue weighted by molar-refractivity contribution is 0.109. The van der Waals surface area contributed by atoms with Gasteiger partial charge in [0.15, 0.2) is 0 Å². The second-order valence-electron chi connectivity index (χ2n) is 4.46. The topological polar surface area (TPSA) is 12.5 Å². The molecule has 0 spiro atoms. The van der Waals surface area contributed by atoms with E-state index < -0.39 is 0 Å². The highest BCUT2D eigenvalue weighted by Crippen LogP contribution is 2.34. The first kappa shape index (κ1) is 9.53. The molecule has 2 heteroatoms. The molecule has 2 nitrogen and oxygen atoms in total. The number of rotatable bonds is 2. The first-order valence-corrected chi connectivity index (χ1v) is 4.97. The van der Waals surface area contributed by atoms with Gasteiger partial charge >= 0.3 is 0 Å². The third-order valence-electron chi connectivity index (χ3n) is 3.00. The van der Waals surface area contributed by atoms with Gasteiger partial charge in [-0.1, -0.05) is 19.1 Å². The van der Waals surface area contributed by atoms with Crippen molar-refractivity contribution in [2.75, 3.05) is 27.2 Å². The van der Waals surface area contributed by atoms with Gasteiger partial charge in [-0.2, -0.15) is 0 Å². The molecule has 14 heavy (non-hydrogen) atoms. The zero-order chi connectivity index (χ0) is 10.2. The molecule has 0 amide bonds. The first-order valence-electron chi connectivity index (χ1n) is 4.97. The Labute approximate surface area is 85.5 Å². The Morgan fingerprint density at radius 3 is 2.64 bits per heavy atom. The van der Waals surface area contributed by atoms with E-state index in [2.05, 4.69) is 37.1 Å². The number of hydrogen-bond donors (Lipinski definition) is 0. The molecule has 1 heterocycles. The van der Waals surface area contributed by atoms with Gasteiger partial charge in [-0.05, 0) is 24.7 Å². The Hall–Kier alpha value is -1.02. The highest BCUT2D eigenvalue weighted by molar-refractivity contribution is 5.35. The molecule has 76 valence electrons. The Balaban J connectivity index is 2.24. The third-order valence-corrected chi connectivity index (χ3v) is 3.00. The molecule has 2 rings (SSSR count). The number of methoxy groups -OCH3 is 1. The summed E-state index contributed by atoms with van der Waals surface area (Å²) in [6.45, 7) is 4.59. The van der Waals surface area contributed by atoms with Gasteiger partial charge in [0.2, 0.25) is 0 Å².